The Morgan fingerprint density at radius 2 is 1.24 bits per heavy atom. The van der Waals surface area contributed by atoms with Crippen LogP contribution in [0.25, 0.3) is 0 Å². The largest absolute Gasteiger partial charge is 0.399 e. The molecule has 2 N–H and O–H groups in total. The molecule has 0 fully saturated rings. The Bertz CT molecular complexity index is 436. The predicted molar refractivity (Wildman–Crippen MR) is 75.4 cm³/mol. The maximum atomic E-state index is 6.09. The van der Waals surface area contributed by atoms with Crippen LogP contribution in [-0.2, 0) is 10.8 Å². The summed E-state index contributed by atoms with van der Waals surface area (Å²) in [4.78, 5) is 0. The lowest BCUT2D eigenvalue weighted by Gasteiger charge is -2.44. The smallest absolute Gasteiger partial charge is 0.0346 e. The van der Waals surface area contributed by atoms with Gasteiger partial charge in [0.2, 0.25) is 0 Å². The second-order valence-corrected chi connectivity index (χ2v) is 7.13. The Morgan fingerprint density at radius 3 is 1.71 bits per heavy atom. The second kappa shape index (κ2) is 3.07. The van der Waals surface area contributed by atoms with Gasteiger partial charge in [-0.1, -0.05) is 47.6 Å². The van der Waals surface area contributed by atoms with Gasteiger partial charge in [-0.25, -0.2) is 0 Å². The zero-order chi connectivity index (χ0) is 13.2. The van der Waals surface area contributed by atoms with Gasteiger partial charge >= 0.3 is 0 Å². The zero-order valence-electron chi connectivity index (χ0n) is 12.2. The molecular weight excluding hydrogens is 206 g/mol. The number of nitrogen functional groups attached to an aromatic ring is 1. The van der Waals surface area contributed by atoms with E-state index in [1.54, 1.807) is 0 Å². The first-order chi connectivity index (χ1) is 7.53. The van der Waals surface area contributed by atoms with Gasteiger partial charge in [-0.3, -0.25) is 0 Å². The van der Waals surface area contributed by atoms with Crippen molar-refractivity contribution >= 4 is 5.69 Å². The van der Waals surface area contributed by atoms with Crippen molar-refractivity contribution in [3.05, 3.63) is 28.8 Å². The third kappa shape index (κ3) is 1.26. The predicted octanol–water partition coefficient (Wildman–Crippen LogP) is 4.17. The van der Waals surface area contributed by atoms with E-state index in [1.165, 1.54) is 16.7 Å². The lowest BCUT2D eigenvalue weighted by molar-refractivity contribution is 0.125. The average molecular weight is 231 g/mol. The molecule has 1 aliphatic carbocycles. The van der Waals surface area contributed by atoms with E-state index in [2.05, 4.69) is 60.6 Å². The van der Waals surface area contributed by atoms with Crippen LogP contribution in [-0.4, -0.2) is 0 Å². The van der Waals surface area contributed by atoms with Crippen LogP contribution >= 0.6 is 0 Å². The molecule has 94 valence electrons. The normalized spacial score (nSPS) is 23.5. The highest BCUT2D eigenvalue weighted by Gasteiger charge is 2.56. The summed E-state index contributed by atoms with van der Waals surface area (Å²) in [7, 11) is 0. The molecule has 0 saturated carbocycles. The monoisotopic (exact) mass is 231 g/mol. The fraction of sp³-hybridized carbons (Fsp3) is 0.625. The molecule has 17 heavy (non-hydrogen) atoms. The van der Waals surface area contributed by atoms with Crippen molar-refractivity contribution in [1.29, 1.82) is 0 Å². The van der Waals surface area contributed by atoms with E-state index in [0.29, 0.717) is 0 Å². The van der Waals surface area contributed by atoms with Crippen LogP contribution in [0.1, 0.15) is 58.2 Å². The number of fused-ring (bicyclic) bond motifs is 1. The summed E-state index contributed by atoms with van der Waals surface area (Å²) >= 11 is 0. The highest BCUT2D eigenvalue weighted by atomic mass is 14.6. The Morgan fingerprint density at radius 1 is 0.824 bits per heavy atom. The molecule has 2 rings (SSSR count). The van der Waals surface area contributed by atoms with Crippen LogP contribution in [0.5, 0.6) is 0 Å². The van der Waals surface area contributed by atoms with E-state index in [9.17, 15) is 0 Å². The maximum Gasteiger partial charge on any atom is 0.0346 e. The molecule has 0 radical (unpaired) electrons. The van der Waals surface area contributed by atoms with E-state index in [4.69, 9.17) is 5.73 Å². The number of aryl methyl sites for hydroxylation is 1. The van der Waals surface area contributed by atoms with Gasteiger partial charge in [0.1, 0.15) is 0 Å². The highest BCUT2D eigenvalue weighted by Crippen LogP contribution is 2.61. The standard InChI is InChI=1S/C16H25N/c1-10-8-11-12(9-13(10)17)15(4,5)16(6,7)14(11,2)3/h8-9H,17H2,1-7H3. The SMILES string of the molecule is Cc1cc2c(cc1N)C(C)(C)C(C)(C)C2(C)C. The number of rotatable bonds is 0. The van der Waals surface area contributed by atoms with E-state index >= 15 is 0 Å². The molecule has 0 bridgehead atoms. The Balaban J connectivity index is 2.83. The van der Waals surface area contributed by atoms with Gasteiger partial charge < -0.3 is 5.73 Å². The van der Waals surface area contributed by atoms with E-state index < -0.39 is 0 Å². The molecule has 1 aliphatic rings. The summed E-state index contributed by atoms with van der Waals surface area (Å²) in [6.07, 6.45) is 0. The van der Waals surface area contributed by atoms with Crippen molar-refractivity contribution in [2.45, 2.75) is 59.3 Å². The minimum atomic E-state index is 0.160. The van der Waals surface area contributed by atoms with E-state index in [0.717, 1.165) is 5.69 Å². The fourth-order valence-corrected chi connectivity index (χ4v) is 3.21. The topological polar surface area (TPSA) is 26.0 Å². The van der Waals surface area contributed by atoms with Gasteiger partial charge in [-0.05, 0) is 45.9 Å². The van der Waals surface area contributed by atoms with Crippen LogP contribution < -0.4 is 5.73 Å². The number of anilines is 1. The van der Waals surface area contributed by atoms with Gasteiger partial charge in [-0.15, -0.1) is 0 Å². The molecule has 0 aromatic heterocycles. The minimum Gasteiger partial charge on any atom is -0.399 e. The summed E-state index contributed by atoms with van der Waals surface area (Å²) in [5.74, 6) is 0. The van der Waals surface area contributed by atoms with Gasteiger partial charge in [0.15, 0.2) is 0 Å². The first kappa shape index (κ1) is 12.5. The highest BCUT2D eigenvalue weighted by molar-refractivity contribution is 5.59. The van der Waals surface area contributed by atoms with Crippen LogP contribution in [0.2, 0.25) is 0 Å². The molecular formula is C16H25N. The Labute approximate surface area is 105 Å². The molecule has 0 atom stereocenters. The zero-order valence-corrected chi connectivity index (χ0v) is 12.2. The lowest BCUT2D eigenvalue weighted by Crippen LogP contribution is -2.42. The molecule has 1 nitrogen and oxygen atoms in total. The van der Waals surface area contributed by atoms with Crippen molar-refractivity contribution < 1.29 is 0 Å². The van der Waals surface area contributed by atoms with Crippen molar-refractivity contribution in [2.24, 2.45) is 5.41 Å². The van der Waals surface area contributed by atoms with Crippen LogP contribution in [0, 0.1) is 12.3 Å². The second-order valence-electron chi connectivity index (χ2n) is 7.13. The molecule has 1 heteroatoms. The third-order valence-electron chi connectivity index (χ3n) is 5.88. The molecule has 1 aromatic carbocycles. The number of hydrogen-bond donors (Lipinski definition) is 1. The van der Waals surface area contributed by atoms with Crippen molar-refractivity contribution in [1.82, 2.24) is 0 Å². The summed E-state index contributed by atoms with van der Waals surface area (Å²) in [5.41, 5.74) is 11.7. The Hall–Kier alpha value is -0.980. The van der Waals surface area contributed by atoms with Crippen molar-refractivity contribution in [3.63, 3.8) is 0 Å². The number of hydrogen-bond acceptors (Lipinski definition) is 1. The summed E-state index contributed by atoms with van der Waals surface area (Å²) < 4.78 is 0. The molecule has 0 aliphatic heterocycles. The average Bonchev–Trinajstić information content (AvgIpc) is 2.28. The van der Waals surface area contributed by atoms with Crippen molar-refractivity contribution in [2.75, 3.05) is 5.73 Å². The van der Waals surface area contributed by atoms with E-state index in [1.807, 2.05) is 0 Å². The number of benzene rings is 1. The van der Waals surface area contributed by atoms with Crippen molar-refractivity contribution in [3.8, 4) is 0 Å². The van der Waals surface area contributed by atoms with Crippen LogP contribution in [0.3, 0.4) is 0 Å². The lowest BCUT2D eigenvalue weighted by atomic mass is 9.59. The van der Waals surface area contributed by atoms with Crippen LogP contribution in [0.4, 0.5) is 5.69 Å². The first-order valence-corrected chi connectivity index (χ1v) is 6.44. The quantitative estimate of drug-likeness (QED) is 0.666. The molecule has 0 amide bonds. The molecule has 0 spiro atoms. The summed E-state index contributed by atoms with van der Waals surface area (Å²) in [6.45, 7) is 16.2. The molecule has 0 saturated heterocycles. The van der Waals surface area contributed by atoms with Gasteiger partial charge in [0.25, 0.3) is 0 Å². The first-order valence-electron chi connectivity index (χ1n) is 6.44. The maximum absolute atomic E-state index is 6.09. The van der Waals surface area contributed by atoms with Crippen LogP contribution in [0.15, 0.2) is 12.1 Å². The van der Waals surface area contributed by atoms with E-state index in [-0.39, 0.29) is 16.2 Å². The molecule has 1 aromatic rings. The third-order valence-corrected chi connectivity index (χ3v) is 5.88. The summed E-state index contributed by atoms with van der Waals surface area (Å²) in [5, 5.41) is 0. The van der Waals surface area contributed by atoms with Gasteiger partial charge in [-0.2, -0.15) is 0 Å². The number of nitrogens with two attached hydrogens (primary N) is 1. The molecule has 0 heterocycles. The fourth-order valence-electron chi connectivity index (χ4n) is 3.21. The minimum absolute atomic E-state index is 0.160. The van der Waals surface area contributed by atoms with Gasteiger partial charge in [0, 0.05) is 5.69 Å². The summed E-state index contributed by atoms with van der Waals surface area (Å²) in [6, 6.07) is 4.49. The molecule has 0 unspecified atom stereocenters. The Kier molecular flexibility index (Phi) is 2.25. The van der Waals surface area contributed by atoms with Gasteiger partial charge in [0.05, 0.1) is 0 Å².